The van der Waals surface area contributed by atoms with Gasteiger partial charge in [-0.2, -0.15) is 4.98 Å². The Kier molecular flexibility index (Phi) is 3.05. The molecule has 2 aromatic heterocycles. The lowest BCUT2D eigenvalue weighted by atomic mass is 9.92. The lowest BCUT2D eigenvalue weighted by Crippen LogP contribution is -2.44. The summed E-state index contributed by atoms with van der Waals surface area (Å²) in [5, 5.41) is 7.56. The number of nitrogens with zero attached hydrogens (tertiary/aromatic N) is 3. The molecule has 6 heteroatoms. The van der Waals surface area contributed by atoms with Crippen LogP contribution in [0.4, 0.5) is 0 Å². The molecule has 1 N–H and O–H groups in total. The van der Waals surface area contributed by atoms with Crippen molar-refractivity contribution in [3.63, 3.8) is 0 Å². The summed E-state index contributed by atoms with van der Waals surface area (Å²) in [5.41, 5.74) is 0. The first-order valence-electron chi connectivity index (χ1n) is 7.21. The Morgan fingerprint density at radius 2 is 2.40 bits per heavy atom. The molecular formula is C14H18N4O2. The number of likely N-dealkylation sites (tertiary alicyclic amines) is 1. The molecule has 2 aliphatic rings. The van der Waals surface area contributed by atoms with E-state index in [2.05, 4.69) is 20.4 Å². The van der Waals surface area contributed by atoms with Gasteiger partial charge in [0.25, 0.3) is 5.89 Å². The van der Waals surface area contributed by atoms with Crippen LogP contribution in [0.2, 0.25) is 0 Å². The smallest absolute Gasteiger partial charge is 0.293 e. The molecule has 6 nitrogen and oxygen atoms in total. The predicted molar refractivity (Wildman–Crippen MR) is 71.8 cm³/mol. The zero-order valence-electron chi connectivity index (χ0n) is 11.3. The molecule has 4 rings (SSSR count). The van der Waals surface area contributed by atoms with Crippen molar-refractivity contribution in [1.29, 1.82) is 0 Å². The van der Waals surface area contributed by atoms with E-state index in [4.69, 9.17) is 8.94 Å². The van der Waals surface area contributed by atoms with E-state index in [0.717, 1.165) is 37.9 Å². The van der Waals surface area contributed by atoms with Crippen LogP contribution in [0.1, 0.15) is 18.7 Å². The van der Waals surface area contributed by atoms with Gasteiger partial charge in [0.1, 0.15) is 0 Å². The number of nitrogens with one attached hydrogen (secondary N) is 1. The van der Waals surface area contributed by atoms with Crippen molar-refractivity contribution < 1.29 is 8.94 Å². The summed E-state index contributed by atoms with van der Waals surface area (Å²) < 4.78 is 10.5. The third kappa shape index (κ3) is 2.14. The number of piperidine rings is 1. The van der Waals surface area contributed by atoms with E-state index in [1.54, 1.807) is 6.26 Å². The van der Waals surface area contributed by atoms with E-state index in [-0.39, 0.29) is 0 Å². The first-order valence-corrected chi connectivity index (χ1v) is 7.21. The van der Waals surface area contributed by atoms with Crippen LogP contribution in [0.25, 0.3) is 11.7 Å². The van der Waals surface area contributed by atoms with Crippen molar-refractivity contribution in [2.24, 2.45) is 5.92 Å². The van der Waals surface area contributed by atoms with Crippen LogP contribution in [0.3, 0.4) is 0 Å². The maximum Gasteiger partial charge on any atom is 0.293 e. The van der Waals surface area contributed by atoms with E-state index in [9.17, 15) is 0 Å². The van der Waals surface area contributed by atoms with E-state index in [0.29, 0.717) is 17.7 Å². The highest BCUT2D eigenvalue weighted by atomic mass is 16.5. The zero-order chi connectivity index (χ0) is 13.4. The first-order chi connectivity index (χ1) is 9.90. The van der Waals surface area contributed by atoms with E-state index < -0.39 is 0 Å². The maximum atomic E-state index is 5.27. The molecule has 0 radical (unpaired) electrons. The molecule has 0 saturated carbocycles. The van der Waals surface area contributed by atoms with Gasteiger partial charge in [-0.1, -0.05) is 5.16 Å². The van der Waals surface area contributed by atoms with Gasteiger partial charge < -0.3 is 14.3 Å². The van der Waals surface area contributed by atoms with Gasteiger partial charge in [-0.3, -0.25) is 4.90 Å². The molecule has 0 aromatic carbocycles. The van der Waals surface area contributed by atoms with Crippen LogP contribution < -0.4 is 5.32 Å². The summed E-state index contributed by atoms with van der Waals surface area (Å²) in [5.74, 6) is 2.61. The molecule has 106 valence electrons. The number of aromatic nitrogens is 2. The van der Waals surface area contributed by atoms with Crippen molar-refractivity contribution in [1.82, 2.24) is 20.4 Å². The lowest BCUT2D eigenvalue weighted by molar-refractivity contribution is 0.113. The third-order valence-electron chi connectivity index (χ3n) is 4.34. The monoisotopic (exact) mass is 274 g/mol. The molecule has 20 heavy (non-hydrogen) atoms. The summed E-state index contributed by atoms with van der Waals surface area (Å²) in [7, 11) is 0. The minimum atomic E-state index is 0.461. The minimum Gasteiger partial charge on any atom is -0.459 e. The maximum absolute atomic E-state index is 5.27. The Morgan fingerprint density at radius 3 is 3.30 bits per heavy atom. The van der Waals surface area contributed by atoms with Gasteiger partial charge in [0, 0.05) is 12.6 Å². The molecule has 2 aliphatic heterocycles. The lowest BCUT2D eigenvalue weighted by Gasteiger charge is -2.36. The molecule has 0 spiro atoms. The second-order valence-corrected chi connectivity index (χ2v) is 5.59. The van der Waals surface area contributed by atoms with Crippen molar-refractivity contribution in [2.75, 3.05) is 19.6 Å². The number of hydrogen-bond donors (Lipinski definition) is 1. The SMILES string of the molecule is c1coc(-c2nc(CN3CCCC4CNCC43)no2)c1. The molecular weight excluding hydrogens is 256 g/mol. The van der Waals surface area contributed by atoms with E-state index in [1.165, 1.54) is 12.8 Å². The van der Waals surface area contributed by atoms with Gasteiger partial charge in [0.2, 0.25) is 0 Å². The summed E-state index contributed by atoms with van der Waals surface area (Å²) in [4.78, 5) is 6.90. The number of hydrogen-bond acceptors (Lipinski definition) is 6. The minimum absolute atomic E-state index is 0.461. The van der Waals surface area contributed by atoms with Crippen LogP contribution in [-0.2, 0) is 6.54 Å². The predicted octanol–water partition coefficient (Wildman–Crippen LogP) is 1.51. The molecule has 0 bridgehead atoms. The largest absolute Gasteiger partial charge is 0.459 e. The highest BCUT2D eigenvalue weighted by molar-refractivity contribution is 5.42. The molecule has 2 fully saturated rings. The summed E-state index contributed by atoms with van der Waals surface area (Å²) in [6, 6.07) is 4.27. The highest BCUT2D eigenvalue weighted by Gasteiger charge is 2.35. The Balaban J connectivity index is 1.48. The van der Waals surface area contributed by atoms with Gasteiger partial charge in [-0.25, -0.2) is 0 Å². The Bertz CT molecular complexity index is 566. The van der Waals surface area contributed by atoms with Gasteiger partial charge in [0.05, 0.1) is 12.8 Å². The van der Waals surface area contributed by atoms with Gasteiger partial charge >= 0.3 is 0 Å². The fourth-order valence-electron chi connectivity index (χ4n) is 3.36. The molecule has 0 aliphatic carbocycles. The second-order valence-electron chi connectivity index (χ2n) is 5.59. The van der Waals surface area contributed by atoms with E-state index >= 15 is 0 Å². The first kappa shape index (κ1) is 12.1. The van der Waals surface area contributed by atoms with Crippen molar-refractivity contribution in [3.8, 4) is 11.7 Å². The van der Waals surface area contributed by atoms with E-state index in [1.807, 2.05) is 12.1 Å². The number of furan rings is 1. The van der Waals surface area contributed by atoms with Crippen molar-refractivity contribution >= 4 is 0 Å². The molecule has 4 heterocycles. The Labute approximate surface area is 117 Å². The molecule has 2 unspecified atom stereocenters. The van der Waals surface area contributed by atoms with Crippen LogP contribution in [0.15, 0.2) is 27.3 Å². The van der Waals surface area contributed by atoms with Gasteiger partial charge in [0.15, 0.2) is 11.6 Å². The zero-order valence-corrected chi connectivity index (χ0v) is 11.3. The third-order valence-corrected chi connectivity index (χ3v) is 4.34. The average molecular weight is 274 g/mol. The fourth-order valence-corrected chi connectivity index (χ4v) is 3.36. The Hall–Kier alpha value is -1.66. The van der Waals surface area contributed by atoms with Crippen LogP contribution in [0, 0.1) is 5.92 Å². The standard InChI is InChI=1S/C14H18N4O2/c1-3-10-7-15-8-11(10)18(5-1)9-13-16-14(20-17-13)12-4-2-6-19-12/h2,4,6,10-11,15H,1,3,5,7-9H2. The Morgan fingerprint density at radius 1 is 1.40 bits per heavy atom. The number of fused-ring (bicyclic) bond motifs is 1. The van der Waals surface area contributed by atoms with Crippen molar-refractivity contribution in [2.45, 2.75) is 25.4 Å². The normalized spacial score (nSPS) is 26.8. The molecule has 2 atom stereocenters. The highest BCUT2D eigenvalue weighted by Crippen LogP contribution is 2.27. The van der Waals surface area contributed by atoms with Gasteiger partial charge in [-0.05, 0) is 44.0 Å². The average Bonchev–Trinajstić information content (AvgIpc) is 3.20. The van der Waals surface area contributed by atoms with Crippen LogP contribution in [-0.4, -0.2) is 40.7 Å². The summed E-state index contributed by atoms with van der Waals surface area (Å²) >= 11 is 0. The molecule has 0 amide bonds. The quantitative estimate of drug-likeness (QED) is 0.915. The summed E-state index contributed by atoms with van der Waals surface area (Å²) in [6.07, 6.45) is 4.20. The molecule has 2 saturated heterocycles. The van der Waals surface area contributed by atoms with Crippen LogP contribution in [0.5, 0.6) is 0 Å². The topological polar surface area (TPSA) is 67.3 Å². The van der Waals surface area contributed by atoms with Crippen molar-refractivity contribution in [3.05, 3.63) is 24.2 Å². The number of rotatable bonds is 3. The second kappa shape index (κ2) is 5.03. The summed E-state index contributed by atoms with van der Waals surface area (Å²) in [6.45, 7) is 4.10. The van der Waals surface area contributed by atoms with Crippen LogP contribution >= 0.6 is 0 Å². The molecule has 2 aromatic rings. The fraction of sp³-hybridized carbons (Fsp3) is 0.571. The van der Waals surface area contributed by atoms with Gasteiger partial charge in [-0.15, -0.1) is 0 Å².